The summed E-state index contributed by atoms with van der Waals surface area (Å²) in [4.78, 5) is 30.8. The van der Waals surface area contributed by atoms with Crippen LogP contribution in [0.5, 0.6) is 5.75 Å². The Morgan fingerprint density at radius 1 is 1.00 bits per heavy atom. The lowest BCUT2D eigenvalue weighted by molar-refractivity contribution is -0.136. The molecule has 0 fully saturated rings. The van der Waals surface area contributed by atoms with Gasteiger partial charge >= 0.3 is 5.97 Å². The summed E-state index contributed by atoms with van der Waals surface area (Å²) >= 11 is 18.6. The predicted molar refractivity (Wildman–Crippen MR) is 142 cm³/mol. The van der Waals surface area contributed by atoms with Gasteiger partial charge in [-0.25, -0.2) is 13.2 Å². The average molecular weight is 614 g/mol. The van der Waals surface area contributed by atoms with Crippen LogP contribution in [0.3, 0.4) is 0 Å². The number of hydroxylamine groups is 2. The first-order chi connectivity index (χ1) is 18.9. The maximum Gasteiger partial charge on any atom is 0.307 e. The number of benzene rings is 3. The van der Waals surface area contributed by atoms with Crippen LogP contribution in [0, 0.1) is 24.4 Å². The van der Waals surface area contributed by atoms with E-state index in [-0.39, 0.29) is 62.5 Å². The summed E-state index contributed by atoms with van der Waals surface area (Å²) < 4.78 is 48.1. The molecule has 0 unspecified atom stereocenters. The lowest BCUT2D eigenvalue weighted by Gasteiger charge is -2.22. The molecule has 13 heteroatoms. The van der Waals surface area contributed by atoms with Gasteiger partial charge in [-0.1, -0.05) is 52.1 Å². The number of nitrogens with zero attached hydrogens (tertiary/aromatic N) is 2. The average Bonchev–Trinajstić information content (AvgIpc) is 3.33. The largest absolute Gasteiger partial charge is 0.481 e. The van der Waals surface area contributed by atoms with E-state index in [0.717, 1.165) is 5.06 Å². The maximum atomic E-state index is 14.5. The molecule has 0 aliphatic heterocycles. The lowest BCUT2D eigenvalue weighted by atomic mass is 9.97. The maximum absolute atomic E-state index is 14.5. The second-order valence-electron chi connectivity index (χ2n) is 8.44. The highest BCUT2D eigenvalue weighted by atomic mass is 35.5. The summed E-state index contributed by atoms with van der Waals surface area (Å²) in [6, 6.07) is 9.26. The van der Waals surface area contributed by atoms with E-state index in [0.29, 0.717) is 16.7 Å². The van der Waals surface area contributed by atoms with Crippen LogP contribution >= 0.6 is 34.8 Å². The molecule has 0 radical (unpaired) electrons. The Kier molecular flexibility index (Phi) is 8.62. The molecular weight excluding hydrogens is 596 g/mol. The molecule has 0 aliphatic carbocycles. The Morgan fingerprint density at radius 2 is 1.73 bits per heavy atom. The lowest BCUT2D eigenvalue weighted by Crippen LogP contribution is -2.34. The third-order valence-corrected chi connectivity index (χ3v) is 6.66. The monoisotopic (exact) mass is 612 g/mol. The molecule has 0 saturated heterocycles. The first-order valence-electron chi connectivity index (χ1n) is 11.5. The molecule has 208 valence electrons. The molecule has 1 heterocycles. The van der Waals surface area contributed by atoms with E-state index in [9.17, 15) is 22.8 Å². The number of aliphatic carboxylic acids is 1. The van der Waals surface area contributed by atoms with Gasteiger partial charge in [0.25, 0.3) is 5.91 Å². The van der Waals surface area contributed by atoms with Crippen LogP contribution < -0.4 is 4.84 Å². The molecule has 1 aromatic heterocycles. The van der Waals surface area contributed by atoms with Crippen molar-refractivity contribution in [3.8, 4) is 28.3 Å². The summed E-state index contributed by atoms with van der Waals surface area (Å²) in [5.74, 6) is -6.94. The molecular formula is C27H18Cl3F3N2O5. The van der Waals surface area contributed by atoms with Crippen LogP contribution in [0.2, 0.25) is 15.1 Å². The van der Waals surface area contributed by atoms with Crippen molar-refractivity contribution in [2.45, 2.75) is 20.3 Å². The number of hydrogen-bond donors (Lipinski definition) is 1. The van der Waals surface area contributed by atoms with Gasteiger partial charge in [-0.2, -0.15) is 5.06 Å². The first kappa shape index (κ1) is 29.3. The minimum atomic E-state index is -1.69. The molecule has 4 rings (SSSR count). The highest BCUT2D eigenvalue weighted by Crippen LogP contribution is 2.39. The van der Waals surface area contributed by atoms with Gasteiger partial charge < -0.3 is 14.5 Å². The van der Waals surface area contributed by atoms with Crippen LogP contribution in [0.4, 0.5) is 13.2 Å². The highest BCUT2D eigenvalue weighted by Gasteiger charge is 2.33. The van der Waals surface area contributed by atoms with Crippen molar-refractivity contribution in [3.05, 3.63) is 91.7 Å². The number of carbonyl (C=O) groups is 2. The van der Waals surface area contributed by atoms with Crippen molar-refractivity contribution in [1.82, 2.24) is 10.2 Å². The Balaban J connectivity index is 1.90. The third-order valence-electron chi connectivity index (χ3n) is 5.82. The van der Waals surface area contributed by atoms with Gasteiger partial charge in [0, 0.05) is 16.1 Å². The van der Waals surface area contributed by atoms with E-state index in [4.69, 9.17) is 49.3 Å². The molecule has 4 aromatic rings. The van der Waals surface area contributed by atoms with Gasteiger partial charge in [0.1, 0.15) is 11.3 Å². The molecule has 0 aliphatic rings. The van der Waals surface area contributed by atoms with Crippen LogP contribution in [-0.4, -0.2) is 33.7 Å². The molecule has 1 amide bonds. The molecule has 40 heavy (non-hydrogen) atoms. The Labute approximate surface area is 240 Å². The number of carboxylic acids is 1. The predicted octanol–water partition coefficient (Wildman–Crippen LogP) is 7.78. The summed E-state index contributed by atoms with van der Waals surface area (Å²) in [5, 5.41) is 14.4. The Bertz CT molecular complexity index is 1640. The minimum absolute atomic E-state index is 0.0190. The van der Waals surface area contributed by atoms with Gasteiger partial charge in [0.05, 0.1) is 23.0 Å². The van der Waals surface area contributed by atoms with E-state index < -0.39 is 29.3 Å². The Hall–Kier alpha value is -3.73. The van der Waals surface area contributed by atoms with Crippen LogP contribution in [0.25, 0.3) is 22.6 Å². The number of carboxylic acid groups (broad SMARTS) is 1. The quantitative estimate of drug-likeness (QED) is 0.161. The fourth-order valence-corrected chi connectivity index (χ4v) is 4.59. The van der Waals surface area contributed by atoms with Gasteiger partial charge in [-0.15, -0.1) is 0 Å². The number of rotatable bonds is 8. The van der Waals surface area contributed by atoms with Gasteiger partial charge in [-0.05, 0) is 55.3 Å². The second-order valence-corrected chi connectivity index (χ2v) is 9.70. The molecule has 0 bridgehead atoms. The highest BCUT2D eigenvalue weighted by molar-refractivity contribution is 6.35. The van der Waals surface area contributed by atoms with E-state index in [1.165, 1.54) is 43.3 Å². The smallest absolute Gasteiger partial charge is 0.307 e. The summed E-state index contributed by atoms with van der Waals surface area (Å²) in [5.41, 5.74) is -0.558. The molecule has 7 nitrogen and oxygen atoms in total. The van der Waals surface area contributed by atoms with Crippen LogP contribution in [-0.2, 0) is 11.2 Å². The number of aromatic nitrogens is 1. The van der Waals surface area contributed by atoms with Crippen molar-refractivity contribution in [2.24, 2.45) is 0 Å². The summed E-state index contributed by atoms with van der Waals surface area (Å²) in [7, 11) is 0. The summed E-state index contributed by atoms with van der Waals surface area (Å²) in [6.07, 6.45) is -0.317. The fourth-order valence-electron chi connectivity index (χ4n) is 3.86. The number of halogens is 6. The topological polar surface area (TPSA) is 92.9 Å². The van der Waals surface area contributed by atoms with Crippen molar-refractivity contribution in [2.75, 3.05) is 6.54 Å². The zero-order valence-corrected chi connectivity index (χ0v) is 23.0. The van der Waals surface area contributed by atoms with Crippen molar-refractivity contribution >= 4 is 46.7 Å². The van der Waals surface area contributed by atoms with Gasteiger partial charge in [-0.3, -0.25) is 9.59 Å². The normalized spacial score (nSPS) is 11.0. The van der Waals surface area contributed by atoms with Crippen molar-refractivity contribution in [1.29, 1.82) is 0 Å². The van der Waals surface area contributed by atoms with Crippen molar-refractivity contribution < 1.29 is 37.2 Å². The van der Waals surface area contributed by atoms with E-state index in [1.807, 2.05) is 0 Å². The number of amides is 1. The van der Waals surface area contributed by atoms with Crippen molar-refractivity contribution in [3.63, 3.8) is 0 Å². The fraction of sp³-hybridized carbons (Fsp3) is 0.148. The SMILES string of the molecule is CCN(Oc1ccc(Cl)cc1Cl)C(=O)c1c(-c2ccc(CC(=O)O)cc2Cl)noc1-c1cc(F)c(F)c(F)c1C. The molecule has 0 saturated carbocycles. The third kappa shape index (κ3) is 5.74. The zero-order chi connectivity index (χ0) is 29.3. The Morgan fingerprint density at radius 3 is 2.35 bits per heavy atom. The van der Waals surface area contributed by atoms with E-state index in [1.54, 1.807) is 6.92 Å². The molecule has 3 aromatic carbocycles. The zero-order valence-electron chi connectivity index (χ0n) is 20.7. The summed E-state index contributed by atoms with van der Waals surface area (Å²) in [6.45, 7) is 2.72. The van der Waals surface area contributed by atoms with Gasteiger partial charge in [0.15, 0.2) is 29.0 Å². The first-order valence-corrected chi connectivity index (χ1v) is 12.7. The second kappa shape index (κ2) is 11.8. The van der Waals surface area contributed by atoms with E-state index >= 15 is 0 Å². The molecule has 1 N–H and O–H groups in total. The number of carbonyl (C=O) groups excluding carboxylic acids is 1. The van der Waals surface area contributed by atoms with Crippen LogP contribution in [0.15, 0.2) is 47.0 Å². The van der Waals surface area contributed by atoms with Crippen LogP contribution in [0.1, 0.15) is 28.4 Å². The van der Waals surface area contributed by atoms with E-state index in [2.05, 4.69) is 5.16 Å². The van der Waals surface area contributed by atoms with Gasteiger partial charge in [0.2, 0.25) is 0 Å². The standard InChI is InChI=1S/C27H18Cl3F3N2O5/c1-3-35(40-20-7-5-14(28)10-18(20)30)27(38)22-25(15-6-4-13(8-17(15)29)9-21(36)37)34-39-26(22)16-11-19(31)24(33)23(32)12(16)2/h4-8,10-11H,3,9H2,1-2H3,(H,36,37). The minimum Gasteiger partial charge on any atom is -0.481 e. The molecule has 0 spiro atoms. The number of hydrogen-bond acceptors (Lipinski definition) is 5. The molecule has 0 atom stereocenters.